The first-order valence-corrected chi connectivity index (χ1v) is 4.65. The van der Waals surface area contributed by atoms with Crippen molar-refractivity contribution in [3.63, 3.8) is 0 Å². The van der Waals surface area contributed by atoms with Gasteiger partial charge >= 0.3 is 0 Å². The minimum absolute atomic E-state index is 0.0962. The van der Waals surface area contributed by atoms with Gasteiger partial charge in [0.1, 0.15) is 6.04 Å². The van der Waals surface area contributed by atoms with Gasteiger partial charge in [0.05, 0.1) is 6.07 Å². The molecule has 78 valence electrons. The van der Waals surface area contributed by atoms with Gasteiger partial charge in [0, 0.05) is 18.3 Å². The molecule has 0 spiro atoms. The summed E-state index contributed by atoms with van der Waals surface area (Å²) in [7, 11) is 0. The van der Waals surface area contributed by atoms with Crippen LogP contribution in [0.15, 0.2) is 24.3 Å². The van der Waals surface area contributed by atoms with Gasteiger partial charge in [-0.1, -0.05) is 0 Å². The van der Waals surface area contributed by atoms with Crippen molar-refractivity contribution in [1.29, 1.82) is 5.26 Å². The van der Waals surface area contributed by atoms with Crippen molar-refractivity contribution >= 4 is 17.3 Å². The van der Waals surface area contributed by atoms with E-state index in [1.54, 1.807) is 19.1 Å². The predicted octanol–water partition coefficient (Wildman–Crippen LogP) is 1.97. The molecule has 4 heteroatoms. The number of benzene rings is 1. The zero-order chi connectivity index (χ0) is 11.3. The number of amides is 1. The van der Waals surface area contributed by atoms with Crippen molar-refractivity contribution in [2.75, 3.05) is 10.6 Å². The largest absolute Gasteiger partial charge is 0.370 e. The van der Waals surface area contributed by atoms with Crippen LogP contribution in [0, 0.1) is 11.3 Å². The van der Waals surface area contributed by atoms with Crippen molar-refractivity contribution in [2.45, 2.75) is 19.9 Å². The molecule has 0 radical (unpaired) electrons. The van der Waals surface area contributed by atoms with E-state index < -0.39 is 0 Å². The molecular formula is C11H13N3O. The molecule has 1 unspecified atom stereocenters. The highest BCUT2D eigenvalue weighted by Crippen LogP contribution is 2.14. The second-order valence-electron chi connectivity index (χ2n) is 3.25. The van der Waals surface area contributed by atoms with Gasteiger partial charge in [0.25, 0.3) is 0 Å². The molecule has 0 aliphatic rings. The Bertz CT molecular complexity index is 378. The van der Waals surface area contributed by atoms with Gasteiger partial charge in [-0.05, 0) is 31.2 Å². The van der Waals surface area contributed by atoms with E-state index in [1.165, 1.54) is 6.92 Å². The molecule has 0 bridgehead atoms. The summed E-state index contributed by atoms with van der Waals surface area (Å²) in [6.07, 6.45) is 0. The summed E-state index contributed by atoms with van der Waals surface area (Å²) in [6, 6.07) is 9.06. The molecule has 0 saturated heterocycles. The van der Waals surface area contributed by atoms with Crippen LogP contribution in [0.1, 0.15) is 13.8 Å². The Labute approximate surface area is 88.9 Å². The maximum atomic E-state index is 10.8. The van der Waals surface area contributed by atoms with Gasteiger partial charge in [-0.15, -0.1) is 0 Å². The molecular weight excluding hydrogens is 190 g/mol. The van der Waals surface area contributed by atoms with E-state index >= 15 is 0 Å². The average molecular weight is 203 g/mol. The van der Waals surface area contributed by atoms with Crippen molar-refractivity contribution in [3.05, 3.63) is 24.3 Å². The zero-order valence-corrected chi connectivity index (χ0v) is 8.74. The summed E-state index contributed by atoms with van der Waals surface area (Å²) >= 11 is 0. The third-order valence-electron chi connectivity index (χ3n) is 1.78. The smallest absolute Gasteiger partial charge is 0.221 e. The van der Waals surface area contributed by atoms with Gasteiger partial charge in [0.2, 0.25) is 5.91 Å². The van der Waals surface area contributed by atoms with Crippen LogP contribution >= 0.6 is 0 Å². The minimum Gasteiger partial charge on any atom is -0.370 e. The van der Waals surface area contributed by atoms with Gasteiger partial charge in [0.15, 0.2) is 0 Å². The van der Waals surface area contributed by atoms with Crippen LogP contribution in [0.2, 0.25) is 0 Å². The summed E-state index contributed by atoms with van der Waals surface area (Å²) in [5, 5.41) is 14.3. The minimum atomic E-state index is -0.225. The van der Waals surface area contributed by atoms with E-state index in [4.69, 9.17) is 5.26 Å². The number of carbonyl (C=O) groups excluding carboxylic acids is 1. The number of hydrogen-bond donors (Lipinski definition) is 2. The number of carbonyl (C=O) groups is 1. The maximum Gasteiger partial charge on any atom is 0.221 e. The third-order valence-corrected chi connectivity index (χ3v) is 1.78. The van der Waals surface area contributed by atoms with Crippen LogP contribution in [0.5, 0.6) is 0 Å². The molecule has 0 aromatic heterocycles. The van der Waals surface area contributed by atoms with Gasteiger partial charge in [-0.25, -0.2) is 0 Å². The first kappa shape index (κ1) is 11.1. The number of hydrogen-bond acceptors (Lipinski definition) is 3. The fraction of sp³-hybridized carbons (Fsp3) is 0.273. The summed E-state index contributed by atoms with van der Waals surface area (Å²) in [5.74, 6) is -0.0962. The summed E-state index contributed by atoms with van der Waals surface area (Å²) in [5.41, 5.74) is 1.61. The molecule has 1 aromatic rings. The normalized spacial score (nSPS) is 11.3. The molecule has 0 aliphatic heterocycles. The average Bonchev–Trinajstić information content (AvgIpc) is 2.20. The van der Waals surface area contributed by atoms with Crippen LogP contribution in [-0.4, -0.2) is 11.9 Å². The van der Waals surface area contributed by atoms with Crippen molar-refractivity contribution in [3.8, 4) is 6.07 Å². The fourth-order valence-electron chi connectivity index (χ4n) is 1.14. The van der Waals surface area contributed by atoms with Crippen LogP contribution < -0.4 is 10.6 Å². The van der Waals surface area contributed by atoms with E-state index in [0.29, 0.717) is 0 Å². The molecule has 1 amide bonds. The molecule has 1 rings (SSSR count). The Kier molecular flexibility index (Phi) is 3.69. The van der Waals surface area contributed by atoms with E-state index in [2.05, 4.69) is 16.7 Å². The Morgan fingerprint density at radius 2 is 1.87 bits per heavy atom. The highest BCUT2D eigenvalue weighted by molar-refractivity contribution is 5.88. The summed E-state index contributed by atoms with van der Waals surface area (Å²) in [6.45, 7) is 3.24. The quantitative estimate of drug-likeness (QED) is 0.789. The standard InChI is InChI=1S/C11H13N3O/c1-8(7-12)13-10-3-5-11(6-4-10)14-9(2)15/h3-6,8,13H,1-2H3,(H,14,15). The Morgan fingerprint density at radius 1 is 1.33 bits per heavy atom. The number of anilines is 2. The first-order chi connectivity index (χ1) is 7.11. The molecule has 1 aromatic carbocycles. The second-order valence-corrected chi connectivity index (χ2v) is 3.25. The molecule has 2 N–H and O–H groups in total. The number of nitriles is 1. The molecule has 0 heterocycles. The van der Waals surface area contributed by atoms with Crippen molar-refractivity contribution < 1.29 is 4.79 Å². The lowest BCUT2D eigenvalue weighted by atomic mass is 10.2. The van der Waals surface area contributed by atoms with Gasteiger partial charge < -0.3 is 10.6 Å². The number of nitrogens with one attached hydrogen (secondary N) is 2. The molecule has 0 saturated carbocycles. The second kappa shape index (κ2) is 5.01. The SMILES string of the molecule is CC(=O)Nc1ccc(NC(C)C#N)cc1. The van der Waals surface area contributed by atoms with Gasteiger partial charge in [-0.3, -0.25) is 4.79 Å². The maximum absolute atomic E-state index is 10.8. The van der Waals surface area contributed by atoms with Crippen LogP contribution in [-0.2, 0) is 4.79 Å². The molecule has 0 fully saturated rings. The predicted molar refractivity (Wildman–Crippen MR) is 59.4 cm³/mol. The zero-order valence-electron chi connectivity index (χ0n) is 8.74. The van der Waals surface area contributed by atoms with Crippen LogP contribution in [0.25, 0.3) is 0 Å². The van der Waals surface area contributed by atoms with Crippen molar-refractivity contribution in [2.24, 2.45) is 0 Å². The van der Waals surface area contributed by atoms with Gasteiger partial charge in [-0.2, -0.15) is 5.26 Å². The molecule has 15 heavy (non-hydrogen) atoms. The van der Waals surface area contributed by atoms with E-state index in [0.717, 1.165) is 11.4 Å². The summed E-state index contributed by atoms with van der Waals surface area (Å²) in [4.78, 5) is 10.8. The first-order valence-electron chi connectivity index (χ1n) is 4.65. The van der Waals surface area contributed by atoms with E-state index in [-0.39, 0.29) is 11.9 Å². The van der Waals surface area contributed by atoms with Crippen LogP contribution in [0.3, 0.4) is 0 Å². The third kappa shape index (κ3) is 3.69. The Hall–Kier alpha value is -2.02. The monoisotopic (exact) mass is 203 g/mol. The highest BCUT2D eigenvalue weighted by Gasteiger charge is 1.99. The van der Waals surface area contributed by atoms with E-state index in [9.17, 15) is 4.79 Å². The number of nitrogens with zero attached hydrogens (tertiary/aromatic N) is 1. The topological polar surface area (TPSA) is 64.9 Å². The molecule has 1 atom stereocenters. The molecule has 4 nitrogen and oxygen atoms in total. The lowest BCUT2D eigenvalue weighted by Crippen LogP contribution is -2.12. The van der Waals surface area contributed by atoms with Crippen LogP contribution in [0.4, 0.5) is 11.4 Å². The summed E-state index contributed by atoms with van der Waals surface area (Å²) < 4.78 is 0. The number of rotatable bonds is 3. The Morgan fingerprint density at radius 3 is 2.33 bits per heavy atom. The van der Waals surface area contributed by atoms with E-state index in [1.807, 2.05) is 12.1 Å². The lowest BCUT2D eigenvalue weighted by molar-refractivity contribution is -0.114. The Balaban J connectivity index is 2.65. The fourth-order valence-corrected chi connectivity index (χ4v) is 1.14. The molecule has 0 aliphatic carbocycles. The van der Waals surface area contributed by atoms with Crippen molar-refractivity contribution in [1.82, 2.24) is 0 Å². The highest BCUT2D eigenvalue weighted by atomic mass is 16.1. The lowest BCUT2D eigenvalue weighted by Gasteiger charge is -2.08.